The van der Waals surface area contributed by atoms with Gasteiger partial charge in [0, 0.05) is 6.20 Å². The number of nitrogens with one attached hydrogen (secondary N) is 1. The van der Waals surface area contributed by atoms with Gasteiger partial charge in [-0.1, -0.05) is 25.1 Å². The van der Waals surface area contributed by atoms with E-state index in [4.69, 9.17) is 35.9 Å². The Bertz CT molecular complexity index is 1490. The van der Waals surface area contributed by atoms with Crippen LogP contribution in [-0.2, 0) is 23.4 Å². The molecule has 0 radical (unpaired) electrons. The molecule has 4 rings (SSSR count). The summed E-state index contributed by atoms with van der Waals surface area (Å²) in [5.41, 5.74) is 5.24. The number of halogens is 2. The van der Waals surface area contributed by atoms with Crippen molar-refractivity contribution in [2.75, 3.05) is 18.6 Å². The van der Waals surface area contributed by atoms with Gasteiger partial charge in [-0.05, 0) is 39.0 Å². The molecule has 0 aliphatic carbocycles. The van der Waals surface area contributed by atoms with Gasteiger partial charge in [0.1, 0.15) is 29.5 Å². The van der Waals surface area contributed by atoms with Crippen molar-refractivity contribution in [3.8, 4) is 5.75 Å². The van der Waals surface area contributed by atoms with Crippen LogP contribution >= 0.6 is 19.2 Å². The number of nitrogens with zero attached hydrogens (tertiary/aromatic N) is 2. The average molecular weight is 615 g/mol. The van der Waals surface area contributed by atoms with E-state index in [1.165, 1.54) is 30.7 Å². The van der Waals surface area contributed by atoms with Crippen molar-refractivity contribution in [3.05, 3.63) is 52.9 Å². The number of carbonyl (C=O) groups is 1. The Morgan fingerprint density at radius 2 is 1.98 bits per heavy atom. The fourth-order valence-corrected chi connectivity index (χ4v) is 7.00. The van der Waals surface area contributed by atoms with E-state index in [2.05, 4.69) is 9.97 Å². The first-order valence-electron chi connectivity index (χ1n) is 13.0. The van der Waals surface area contributed by atoms with Crippen LogP contribution in [0, 0.1) is 5.92 Å². The molecule has 15 heteroatoms. The lowest BCUT2D eigenvalue weighted by molar-refractivity contribution is -0.151. The first kappa shape index (κ1) is 31.0. The predicted molar refractivity (Wildman–Crippen MR) is 150 cm³/mol. The fourth-order valence-electron chi connectivity index (χ4n) is 4.63. The van der Waals surface area contributed by atoms with E-state index >= 15 is 0 Å². The summed E-state index contributed by atoms with van der Waals surface area (Å²) in [6, 6.07) is 9.65. The molecular formula is C26H33ClFN4O8P. The van der Waals surface area contributed by atoms with Crippen LogP contribution in [0.25, 0.3) is 11.0 Å². The quantitative estimate of drug-likeness (QED) is 0.164. The third kappa shape index (κ3) is 6.44. The van der Waals surface area contributed by atoms with Crippen LogP contribution in [0.4, 0.5) is 10.3 Å². The van der Waals surface area contributed by atoms with Gasteiger partial charge in [0.15, 0.2) is 11.9 Å². The highest BCUT2D eigenvalue weighted by Crippen LogP contribution is 2.54. The predicted octanol–water partition coefficient (Wildman–Crippen LogP) is 3.78. The van der Waals surface area contributed by atoms with Crippen molar-refractivity contribution in [2.24, 2.45) is 5.92 Å². The number of H-pyrrole nitrogens is 1. The van der Waals surface area contributed by atoms with Crippen LogP contribution in [0.15, 0.2) is 47.4 Å². The van der Waals surface area contributed by atoms with Gasteiger partial charge in [0.2, 0.25) is 5.95 Å². The molecule has 3 heterocycles. The fraction of sp³-hybridized carbons (Fsp3) is 0.500. The number of nitrogen functional groups attached to an aromatic ring is 1. The van der Waals surface area contributed by atoms with Crippen molar-refractivity contribution in [3.63, 3.8) is 0 Å². The molecule has 1 aromatic carbocycles. The number of esters is 1. The molecule has 0 bridgehead atoms. The Labute approximate surface area is 240 Å². The van der Waals surface area contributed by atoms with E-state index < -0.39 is 61.1 Å². The highest BCUT2D eigenvalue weighted by Gasteiger charge is 2.59. The number of nitrogens with two attached hydrogens (primary N) is 1. The van der Waals surface area contributed by atoms with E-state index in [1.807, 2.05) is 0 Å². The number of hydrogen-bond acceptors (Lipinski definition) is 10. The largest absolute Gasteiger partial charge is 0.463 e. The number of rotatable bonds is 11. The van der Waals surface area contributed by atoms with Gasteiger partial charge in [0.05, 0.1) is 29.7 Å². The molecule has 0 spiro atoms. The number of benzene rings is 1. The highest BCUT2D eigenvalue weighted by atomic mass is 35.5. The van der Waals surface area contributed by atoms with Gasteiger partial charge < -0.3 is 29.4 Å². The molecule has 7 atom stereocenters. The maximum atomic E-state index is 14.5. The lowest BCUT2D eigenvalue weighted by Crippen LogP contribution is -2.46. The van der Waals surface area contributed by atoms with Gasteiger partial charge in [-0.2, -0.15) is 4.98 Å². The molecule has 1 aliphatic rings. The molecule has 1 fully saturated rings. The Morgan fingerprint density at radius 1 is 1.29 bits per heavy atom. The molecule has 1 unspecified atom stereocenters. The third-order valence-corrected chi connectivity index (χ3v) is 9.23. The summed E-state index contributed by atoms with van der Waals surface area (Å²) < 4.78 is 52.8. The molecule has 4 N–H and O–H groups in total. The number of fused-ring (bicyclic) bond motifs is 1. The van der Waals surface area contributed by atoms with Crippen LogP contribution in [0.2, 0.25) is 0 Å². The zero-order valence-electron chi connectivity index (χ0n) is 22.9. The number of anilines is 1. The Balaban J connectivity index is 1.63. The Hall–Kier alpha value is -2.96. The number of carbonyl (C=O) groups excluding carboxylic acids is 1. The topological polar surface area (TPSA) is 168 Å². The monoisotopic (exact) mass is 614 g/mol. The summed E-state index contributed by atoms with van der Waals surface area (Å²) in [5.74, 6) is -1.43. The maximum Gasteiger partial charge on any atom is 0.380 e. The molecule has 12 nitrogen and oxygen atoms in total. The first-order valence-corrected chi connectivity index (χ1v) is 15.1. The summed E-state index contributed by atoms with van der Waals surface area (Å²) in [4.78, 5) is 29.3. The van der Waals surface area contributed by atoms with Crippen molar-refractivity contribution in [1.29, 1.82) is 0 Å². The van der Waals surface area contributed by atoms with Gasteiger partial charge in [0.25, 0.3) is 5.56 Å². The molecular weight excluding hydrogens is 582 g/mol. The molecule has 3 aromatic rings. The van der Waals surface area contributed by atoms with Gasteiger partial charge >= 0.3 is 13.6 Å². The van der Waals surface area contributed by atoms with E-state index in [0.717, 1.165) is 0 Å². The summed E-state index contributed by atoms with van der Waals surface area (Å²) in [6.45, 7) is 5.13. The summed E-state index contributed by atoms with van der Waals surface area (Å²) >= 11 is 6.62. The average Bonchev–Trinajstić information content (AvgIpc) is 3.42. The molecule has 0 saturated carbocycles. The number of ether oxygens (including phenoxy) is 2. The van der Waals surface area contributed by atoms with Gasteiger partial charge in [-0.15, -0.1) is 11.6 Å². The van der Waals surface area contributed by atoms with Crippen molar-refractivity contribution in [2.45, 2.75) is 63.2 Å². The second-order valence-electron chi connectivity index (χ2n) is 10.3. The maximum absolute atomic E-state index is 14.5. The van der Waals surface area contributed by atoms with Crippen LogP contribution in [-0.4, -0.2) is 67.7 Å². The summed E-state index contributed by atoms with van der Waals surface area (Å²) in [7, 11) is -4.12. The summed E-state index contributed by atoms with van der Waals surface area (Å²) in [6.07, 6.45) is -4.84. The number of hydrogen-bond donors (Lipinski definition) is 3. The minimum Gasteiger partial charge on any atom is -0.463 e. The highest BCUT2D eigenvalue weighted by molar-refractivity contribution is 7.54. The lowest BCUT2D eigenvalue weighted by atomic mass is 9.97. The van der Waals surface area contributed by atoms with E-state index in [1.54, 1.807) is 44.2 Å². The van der Waals surface area contributed by atoms with E-state index in [-0.39, 0.29) is 35.0 Å². The smallest absolute Gasteiger partial charge is 0.380 e. The van der Waals surface area contributed by atoms with Crippen LogP contribution in [0.3, 0.4) is 0 Å². The SMILES string of the molecule is CC(C)OC(=O)[C@H](C)C[P@@](=O)(Oc1ccccc1)O[C@@H](C)[C@H]1O[C@@H](n2ccc3c(=O)[nH]c(N)nc32)C(Cl)(CF)[C@H]1O. The second kappa shape index (κ2) is 12.1. The number of alkyl halides is 2. The zero-order valence-corrected chi connectivity index (χ0v) is 24.5. The normalized spacial score (nSPS) is 25.6. The lowest BCUT2D eigenvalue weighted by Gasteiger charge is -2.29. The molecule has 1 aliphatic heterocycles. The van der Waals surface area contributed by atoms with Gasteiger partial charge in [-0.25, -0.2) is 8.96 Å². The number of aliphatic hydroxyl groups excluding tert-OH is 1. The molecule has 1 saturated heterocycles. The van der Waals surface area contributed by atoms with E-state index in [9.17, 15) is 23.7 Å². The second-order valence-corrected chi connectivity index (χ2v) is 12.9. The number of aromatic amines is 1. The molecule has 41 heavy (non-hydrogen) atoms. The molecule has 0 amide bonds. The third-order valence-electron chi connectivity index (χ3n) is 6.59. The van der Waals surface area contributed by atoms with Crippen LogP contribution in [0.1, 0.15) is 33.9 Å². The minimum atomic E-state index is -4.12. The standard InChI is InChI=1S/C26H33ClFN4O8P/c1-14(2)37-23(35)15(3)12-41(36,40-17-8-6-5-7-9-17)39-16(4)19-20(33)26(27,13-28)24(38-19)32-11-10-18-21(32)30-25(29)31-22(18)34/h5-11,14-16,19-20,24,33H,12-13H2,1-4H3,(H3,29,30,31,34)/t15-,16+,19-,20+,24-,26?,41+/m1/s1. The number of para-hydroxylation sites is 1. The molecule has 224 valence electrons. The number of aliphatic hydroxyl groups is 1. The minimum absolute atomic E-state index is 0.0618. The summed E-state index contributed by atoms with van der Waals surface area (Å²) in [5, 5.41) is 11.3. The van der Waals surface area contributed by atoms with Crippen LogP contribution in [0.5, 0.6) is 5.75 Å². The Morgan fingerprint density at radius 3 is 2.61 bits per heavy atom. The Kier molecular flexibility index (Phi) is 9.15. The van der Waals surface area contributed by atoms with Crippen molar-refractivity contribution in [1.82, 2.24) is 14.5 Å². The van der Waals surface area contributed by atoms with Gasteiger partial charge in [-0.3, -0.25) is 19.1 Å². The van der Waals surface area contributed by atoms with E-state index in [0.29, 0.717) is 0 Å². The van der Waals surface area contributed by atoms with Crippen LogP contribution < -0.4 is 15.8 Å². The van der Waals surface area contributed by atoms with Crippen molar-refractivity contribution < 1.29 is 37.4 Å². The number of aromatic nitrogens is 3. The zero-order chi connectivity index (χ0) is 30.1. The molecule has 2 aromatic heterocycles. The van der Waals surface area contributed by atoms with Crippen molar-refractivity contribution >= 4 is 42.1 Å². The first-order chi connectivity index (χ1) is 19.3.